The van der Waals surface area contributed by atoms with Crippen LogP contribution in [0.25, 0.3) is 0 Å². The lowest BCUT2D eigenvalue weighted by Crippen LogP contribution is -2.45. The van der Waals surface area contributed by atoms with Crippen molar-refractivity contribution in [1.82, 2.24) is 14.5 Å². The van der Waals surface area contributed by atoms with Crippen molar-refractivity contribution < 1.29 is 4.79 Å². The van der Waals surface area contributed by atoms with Crippen LogP contribution in [0.1, 0.15) is 28.0 Å². The molecule has 0 spiro atoms. The molecule has 88 valence electrons. The molecule has 1 atom stereocenters. The van der Waals surface area contributed by atoms with Crippen molar-refractivity contribution in [2.24, 2.45) is 7.05 Å². The van der Waals surface area contributed by atoms with Crippen LogP contribution in [0.2, 0.25) is 0 Å². The number of hydrogen-bond donors (Lipinski definition) is 0. The zero-order chi connectivity index (χ0) is 11.8. The molecular weight excluding hydrogens is 234 g/mol. The summed E-state index contributed by atoms with van der Waals surface area (Å²) in [6.07, 6.45) is 4.51. The van der Waals surface area contributed by atoms with Crippen LogP contribution in [-0.4, -0.2) is 26.9 Å². The molecule has 1 fully saturated rings. The molecule has 3 heterocycles. The number of likely N-dealkylation sites (tertiary alicyclic amines) is 1. The van der Waals surface area contributed by atoms with Gasteiger partial charge in [0.2, 0.25) is 0 Å². The first-order valence-corrected chi connectivity index (χ1v) is 6.47. The van der Waals surface area contributed by atoms with E-state index in [2.05, 4.69) is 16.4 Å². The Balaban J connectivity index is 1.82. The SMILES string of the molecule is Cn1ccnc1C(=O)N1CCC1c1cccs1. The van der Waals surface area contributed by atoms with Gasteiger partial charge in [-0.1, -0.05) is 6.07 Å². The van der Waals surface area contributed by atoms with Crippen molar-refractivity contribution in [3.63, 3.8) is 0 Å². The Bertz CT molecular complexity index is 532. The molecule has 1 saturated heterocycles. The third-order valence-electron chi connectivity index (χ3n) is 3.16. The molecule has 0 bridgehead atoms. The van der Waals surface area contributed by atoms with Gasteiger partial charge < -0.3 is 9.47 Å². The van der Waals surface area contributed by atoms with E-state index in [1.54, 1.807) is 28.3 Å². The fourth-order valence-electron chi connectivity index (χ4n) is 2.11. The van der Waals surface area contributed by atoms with Crippen LogP contribution >= 0.6 is 11.3 Å². The number of carbonyl (C=O) groups excluding carboxylic acids is 1. The molecule has 0 radical (unpaired) electrons. The number of hydrogen-bond acceptors (Lipinski definition) is 3. The molecule has 3 rings (SSSR count). The largest absolute Gasteiger partial charge is 0.330 e. The predicted octanol–water partition coefficient (Wildman–Crippen LogP) is 2.07. The van der Waals surface area contributed by atoms with Crippen LogP contribution in [0.5, 0.6) is 0 Å². The van der Waals surface area contributed by atoms with Gasteiger partial charge >= 0.3 is 0 Å². The van der Waals surface area contributed by atoms with Crippen LogP contribution in [0.15, 0.2) is 29.9 Å². The highest BCUT2D eigenvalue weighted by Gasteiger charge is 2.35. The number of amides is 1. The standard InChI is InChI=1S/C12H13N3OS/c1-14-7-5-13-11(14)12(16)15-6-4-9(15)10-3-2-8-17-10/h2-3,5,7-9H,4,6H2,1H3. The lowest BCUT2D eigenvalue weighted by atomic mass is 10.0. The van der Waals surface area contributed by atoms with Crippen LogP contribution in [0.4, 0.5) is 0 Å². The average Bonchev–Trinajstić information content (AvgIpc) is 2.87. The first-order valence-electron chi connectivity index (χ1n) is 5.59. The third-order valence-corrected chi connectivity index (χ3v) is 4.14. The molecule has 5 heteroatoms. The van der Waals surface area contributed by atoms with Gasteiger partial charge in [-0.05, 0) is 17.9 Å². The van der Waals surface area contributed by atoms with Gasteiger partial charge in [0.15, 0.2) is 5.82 Å². The van der Waals surface area contributed by atoms with Gasteiger partial charge in [0.1, 0.15) is 0 Å². The Kier molecular flexibility index (Phi) is 2.48. The molecule has 1 unspecified atom stereocenters. The Morgan fingerprint density at radius 3 is 3.00 bits per heavy atom. The number of aromatic nitrogens is 2. The maximum absolute atomic E-state index is 12.3. The first-order chi connectivity index (χ1) is 8.27. The zero-order valence-electron chi connectivity index (χ0n) is 9.54. The molecule has 1 amide bonds. The van der Waals surface area contributed by atoms with Crippen molar-refractivity contribution in [1.29, 1.82) is 0 Å². The van der Waals surface area contributed by atoms with E-state index in [1.807, 2.05) is 18.0 Å². The maximum Gasteiger partial charge on any atom is 0.290 e. The molecule has 0 N–H and O–H groups in total. The smallest absolute Gasteiger partial charge is 0.290 e. The van der Waals surface area contributed by atoms with Gasteiger partial charge in [-0.3, -0.25) is 4.79 Å². The van der Waals surface area contributed by atoms with E-state index in [9.17, 15) is 4.79 Å². The minimum absolute atomic E-state index is 0.0298. The highest BCUT2D eigenvalue weighted by molar-refractivity contribution is 7.10. The number of aryl methyl sites for hydroxylation is 1. The predicted molar refractivity (Wildman–Crippen MR) is 65.9 cm³/mol. The topological polar surface area (TPSA) is 38.1 Å². The van der Waals surface area contributed by atoms with Gasteiger partial charge in [-0.25, -0.2) is 4.98 Å². The summed E-state index contributed by atoms with van der Waals surface area (Å²) in [4.78, 5) is 19.5. The lowest BCUT2D eigenvalue weighted by molar-refractivity contribution is 0.0451. The monoisotopic (exact) mass is 247 g/mol. The summed E-state index contributed by atoms with van der Waals surface area (Å²) in [6.45, 7) is 0.828. The highest BCUT2D eigenvalue weighted by atomic mass is 32.1. The van der Waals surface area contributed by atoms with Crippen molar-refractivity contribution in [3.05, 3.63) is 40.6 Å². The second kappa shape index (κ2) is 4.00. The summed E-state index contributed by atoms with van der Waals surface area (Å²) in [6, 6.07) is 4.37. The molecule has 17 heavy (non-hydrogen) atoms. The second-order valence-corrected chi connectivity index (χ2v) is 5.16. The van der Waals surface area contributed by atoms with Crippen molar-refractivity contribution >= 4 is 17.2 Å². The van der Waals surface area contributed by atoms with E-state index in [-0.39, 0.29) is 11.9 Å². The minimum atomic E-state index is 0.0298. The molecule has 0 aliphatic carbocycles. The van der Waals surface area contributed by atoms with Crippen LogP contribution < -0.4 is 0 Å². The van der Waals surface area contributed by atoms with Gasteiger partial charge in [-0.2, -0.15) is 0 Å². The minimum Gasteiger partial charge on any atom is -0.330 e. The highest BCUT2D eigenvalue weighted by Crippen LogP contribution is 2.36. The van der Waals surface area contributed by atoms with Gasteiger partial charge in [0.05, 0.1) is 6.04 Å². The van der Waals surface area contributed by atoms with Crippen LogP contribution in [0.3, 0.4) is 0 Å². The molecule has 2 aromatic rings. The summed E-state index contributed by atoms with van der Waals surface area (Å²) < 4.78 is 1.77. The van der Waals surface area contributed by atoms with Crippen molar-refractivity contribution in [3.8, 4) is 0 Å². The quantitative estimate of drug-likeness (QED) is 0.814. The molecule has 4 nitrogen and oxygen atoms in total. The summed E-state index contributed by atoms with van der Waals surface area (Å²) in [5, 5.41) is 2.05. The molecule has 0 aromatic carbocycles. The summed E-state index contributed by atoms with van der Waals surface area (Å²) in [5.41, 5.74) is 0. The number of rotatable bonds is 2. The van der Waals surface area contributed by atoms with Crippen molar-refractivity contribution in [2.75, 3.05) is 6.54 Å². The molecule has 0 saturated carbocycles. The Morgan fingerprint density at radius 2 is 2.47 bits per heavy atom. The third kappa shape index (κ3) is 1.67. The second-order valence-electron chi connectivity index (χ2n) is 4.18. The summed E-state index contributed by atoms with van der Waals surface area (Å²) in [5.74, 6) is 0.549. The van der Waals surface area contributed by atoms with Gasteiger partial charge in [0.25, 0.3) is 5.91 Å². The van der Waals surface area contributed by atoms with E-state index < -0.39 is 0 Å². The molecule has 1 aliphatic rings. The zero-order valence-corrected chi connectivity index (χ0v) is 10.4. The summed E-state index contributed by atoms with van der Waals surface area (Å²) >= 11 is 1.71. The van der Waals surface area contributed by atoms with E-state index in [0.29, 0.717) is 5.82 Å². The Labute approximate surface area is 104 Å². The molecular formula is C12H13N3OS. The normalized spacial score (nSPS) is 19.1. The Morgan fingerprint density at radius 1 is 1.59 bits per heavy atom. The van der Waals surface area contributed by atoms with Gasteiger partial charge in [0, 0.05) is 30.9 Å². The fourth-order valence-corrected chi connectivity index (χ4v) is 2.98. The number of nitrogens with zero attached hydrogens (tertiary/aromatic N) is 3. The molecule has 2 aromatic heterocycles. The number of thiophene rings is 1. The number of imidazole rings is 1. The van der Waals surface area contributed by atoms with E-state index in [4.69, 9.17) is 0 Å². The fraction of sp³-hybridized carbons (Fsp3) is 0.333. The lowest BCUT2D eigenvalue weighted by Gasteiger charge is -2.40. The van der Waals surface area contributed by atoms with E-state index in [0.717, 1.165) is 13.0 Å². The van der Waals surface area contributed by atoms with E-state index in [1.165, 1.54) is 4.88 Å². The number of carbonyl (C=O) groups is 1. The van der Waals surface area contributed by atoms with Crippen molar-refractivity contribution in [2.45, 2.75) is 12.5 Å². The average molecular weight is 247 g/mol. The van der Waals surface area contributed by atoms with E-state index >= 15 is 0 Å². The summed E-state index contributed by atoms with van der Waals surface area (Å²) in [7, 11) is 1.85. The van der Waals surface area contributed by atoms with Gasteiger partial charge in [-0.15, -0.1) is 11.3 Å². The Hall–Kier alpha value is -1.62. The first kappa shape index (κ1) is 10.5. The molecule has 1 aliphatic heterocycles. The van der Waals surface area contributed by atoms with Crippen LogP contribution in [0, 0.1) is 0 Å². The maximum atomic E-state index is 12.3. The van der Waals surface area contributed by atoms with Crippen LogP contribution in [-0.2, 0) is 7.05 Å².